The van der Waals surface area contributed by atoms with Crippen LogP contribution in [0.1, 0.15) is 44.8 Å². The lowest BCUT2D eigenvalue weighted by Gasteiger charge is -2.43. The van der Waals surface area contributed by atoms with Crippen molar-refractivity contribution in [3.05, 3.63) is 66.5 Å². The van der Waals surface area contributed by atoms with Gasteiger partial charge in [0.05, 0.1) is 19.8 Å². The number of aromatic nitrogens is 1. The van der Waals surface area contributed by atoms with E-state index in [-0.39, 0.29) is 18.4 Å². The number of pyridine rings is 1. The highest BCUT2D eigenvalue weighted by Crippen LogP contribution is 2.39. The average Bonchev–Trinajstić information content (AvgIpc) is 2.79. The zero-order chi connectivity index (χ0) is 23.0. The standard InChI is InChI=1S/C25H31NO6/c1-25(2,32-21-13-8-7-12-20(21)29-3)24-30-17-19(10-5-4-6-14-22(27)28)23(31-24)18-11-9-15-26-16-18/h4-5,7-9,11-13,15-16,19,23-24H,6,10,14,17H2,1-3H3,(H,27,28)/b5-4-. The molecule has 3 unspecified atom stereocenters. The van der Waals surface area contributed by atoms with E-state index in [1.165, 1.54) is 0 Å². The van der Waals surface area contributed by atoms with Gasteiger partial charge in [-0.3, -0.25) is 9.78 Å². The third kappa shape index (κ3) is 6.31. The zero-order valence-electron chi connectivity index (χ0n) is 18.8. The summed E-state index contributed by atoms with van der Waals surface area (Å²) in [7, 11) is 1.61. The molecule has 1 N–H and O–H groups in total. The highest BCUT2D eigenvalue weighted by molar-refractivity contribution is 5.66. The van der Waals surface area contributed by atoms with Crippen molar-refractivity contribution in [2.75, 3.05) is 13.7 Å². The van der Waals surface area contributed by atoms with Gasteiger partial charge in [-0.15, -0.1) is 0 Å². The summed E-state index contributed by atoms with van der Waals surface area (Å²) in [5, 5.41) is 8.80. The molecule has 0 radical (unpaired) electrons. The predicted octanol–water partition coefficient (Wildman–Crippen LogP) is 4.79. The van der Waals surface area contributed by atoms with E-state index in [2.05, 4.69) is 4.98 Å². The lowest BCUT2D eigenvalue weighted by Crippen LogP contribution is -2.50. The molecule has 1 saturated heterocycles. The average molecular weight is 442 g/mol. The Morgan fingerprint density at radius 2 is 2.00 bits per heavy atom. The van der Waals surface area contributed by atoms with Gasteiger partial charge in [-0.05, 0) is 50.5 Å². The summed E-state index contributed by atoms with van der Waals surface area (Å²) in [5.41, 5.74) is 0.190. The summed E-state index contributed by atoms with van der Waals surface area (Å²) in [5.74, 6) is 0.532. The molecule has 2 aromatic rings. The van der Waals surface area contributed by atoms with Crippen LogP contribution in [-0.4, -0.2) is 41.7 Å². The molecule has 1 aromatic heterocycles. The summed E-state index contributed by atoms with van der Waals surface area (Å²) in [6.45, 7) is 4.33. The summed E-state index contributed by atoms with van der Waals surface area (Å²) < 4.78 is 24.2. The van der Waals surface area contributed by atoms with E-state index < -0.39 is 17.9 Å². The number of benzene rings is 1. The van der Waals surface area contributed by atoms with Crippen LogP contribution in [-0.2, 0) is 14.3 Å². The second-order valence-electron chi connectivity index (χ2n) is 8.26. The summed E-state index contributed by atoms with van der Waals surface area (Å²) in [4.78, 5) is 15.0. The van der Waals surface area contributed by atoms with E-state index in [0.29, 0.717) is 30.9 Å². The van der Waals surface area contributed by atoms with E-state index in [1.54, 1.807) is 13.3 Å². The van der Waals surface area contributed by atoms with Gasteiger partial charge in [0.1, 0.15) is 0 Å². The number of hydrogen-bond donors (Lipinski definition) is 1. The molecule has 0 aliphatic carbocycles. The summed E-state index contributed by atoms with van der Waals surface area (Å²) in [6.07, 6.45) is 7.94. The maximum absolute atomic E-state index is 10.7. The summed E-state index contributed by atoms with van der Waals surface area (Å²) >= 11 is 0. The number of rotatable bonds is 10. The van der Waals surface area contributed by atoms with Crippen molar-refractivity contribution in [1.29, 1.82) is 0 Å². The molecule has 0 spiro atoms. The molecule has 3 rings (SSSR count). The van der Waals surface area contributed by atoms with Gasteiger partial charge < -0.3 is 24.1 Å². The lowest BCUT2D eigenvalue weighted by atomic mass is 9.92. The van der Waals surface area contributed by atoms with Crippen molar-refractivity contribution in [2.45, 2.75) is 51.1 Å². The number of carboxylic acids is 1. The number of ether oxygens (including phenoxy) is 4. The van der Waals surface area contributed by atoms with Gasteiger partial charge in [-0.25, -0.2) is 0 Å². The fraction of sp³-hybridized carbons (Fsp3) is 0.440. The topological polar surface area (TPSA) is 87.1 Å². The Hall–Kier alpha value is -2.90. The molecular formula is C25H31NO6. The molecule has 2 heterocycles. The molecule has 32 heavy (non-hydrogen) atoms. The third-order valence-electron chi connectivity index (χ3n) is 5.31. The van der Waals surface area contributed by atoms with Crippen molar-refractivity contribution < 1.29 is 28.8 Å². The minimum Gasteiger partial charge on any atom is -0.493 e. The van der Waals surface area contributed by atoms with Crippen LogP contribution < -0.4 is 9.47 Å². The van der Waals surface area contributed by atoms with Gasteiger partial charge in [0.25, 0.3) is 0 Å². The Balaban J connectivity index is 1.73. The molecule has 0 bridgehead atoms. The highest BCUT2D eigenvalue weighted by atomic mass is 16.7. The molecule has 7 nitrogen and oxygen atoms in total. The number of para-hydroxylation sites is 2. The first-order chi connectivity index (χ1) is 15.4. The van der Waals surface area contributed by atoms with Crippen LogP contribution in [0.4, 0.5) is 0 Å². The van der Waals surface area contributed by atoms with Gasteiger partial charge in [0, 0.05) is 24.7 Å². The number of methoxy groups -OCH3 is 1. The molecule has 1 fully saturated rings. The predicted molar refractivity (Wildman–Crippen MR) is 120 cm³/mol. The van der Waals surface area contributed by atoms with Crippen LogP contribution in [0.15, 0.2) is 60.9 Å². The molecule has 3 atom stereocenters. The molecule has 1 aromatic carbocycles. The van der Waals surface area contributed by atoms with Crippen LogP contribution in [0, 0.1) is 5.92 Å². The molecule has 1 aliphatic heterocycles. The van der Waals surface area contributed by atoms with Crippen LogP contribution in [0.3, 0.4) is 0 Å². The first-order valence-electron chi connectivity index (χ1n) is 10.8. The van der Waals surface area contributed by atoms with Crippen molar-refractivity contribution in [1.82, 2.24) is 4.98 Å². The Labute approximate surface area is 189 Å². The summed E-state index contributed by atoms with van der Waals surface area (Å²) in [6, 6.07) is 11.4. The van der Waals surface area contributed by atoms with Gasteiger partial charge in [0.2, 0.25) is 0 Å². The molecule has 0 saturated carbocycles. The maximum Gasteiger partial charge on any atom is 0.303 e. The highest BCUT2D eigenvalue weighted by Gasteiger charge is 2.42. The first kappa shape index (κ1) is 23.8. The minimum absolute atomic E-state index is 0.0681. The number of nitrogens with zero attached hydrogens (tertiary/aromatic N) is 1. The molecule has 0 amide bonds. The third-order valence-corrected chi connectivity index (χ3v) is 5.31. The molecule has 7 heteroatoms. The fourth-order valence-corrected chi connectivity index (χ4v) is 3.66. The van der Waals surface area contributed by atoms with E-state index in [0.717, 1.165) is 5.56 Å². The van der Waals surface area contributed by atoms with Crippen molar-refractivity contribution in [3.63, 3.8) is 0 Å². The van der Waals surface area contributed by atoms with Gasteiger partial charge in [-0.1, -0.05) is 30.4 Å². The van der Waals surface area contributed by atoms with Crippen LogP contribution in [0.5, 0.6) is 11.5 Å². The van der Waals surface area contributed by atoms with E-state index in [1.807, 2.05) is 68.6 Å². The van der Waals surface area contributed by atoms with Crippen molar-refractivity contribution >= 4 is 5.97 Å². The number of hydrogen-bond acceptors (Lipinski definition) is 6. The fourth-order valence-electron chi connectivity index (χ4n) is 3.66. The van der Waals surface area contributed by atoms with Gasteiger partial charge >= 0.3 is 5.97 Å². The zero-order valence-corrected chi connectivity index (χ0v) is 18.8. The minimum atomic E-state index is -0.799. The second-order valence-corrected chi connectivity index (χ2v) is 8.26. The quantitative estimate of drug-likeness (QED) is 0.531. The number of carboxylic acid groups (broad SMARTS) is 1. The Morgan fingerprint density at radius 3 is 2.69 bits per heavy atom. The van der Waals surface area contributed by atoms with E-state index >= 15 is 0 Å². The van der Waals surface area contributed by atoms with E-state index in [9.17, 15) is 4.79 Å². The first-order valence-corrected chi connectivity index (χ1v) is 10.8. The SMILES string of the molecule is COc1ccccc1OC(C)(C)C1OCC(C/C=C\CCC(=O)O)C(c2cccnc2)O1. The Kier molecular flexibility index (Phi) is 8.25. The monoisotopic (exact) mass is 441 g/mol. The van der Waals surface area contributed by atoms with Crippen molar-refractivity contribution in [2.24, 2.45) is 5.92 Å². The van der Waals surface area contributed by atoms with Crippen LogP contribution in [0.25, 0.3) is 0 Å². The van der Waals surface area contributed by atoms with E-state index in [4.69, 9.17) is 24.1 Å². The largest absolute Gasteiger partial charge is 0.493 e. The Morgan fingerprint density at radius 1 is 1.22 bits per heavy atom. The maximum atomic E-state index is 10.7. The van der Waals surface area contributed by atoms with Crippen LogP contribution in [0.2, 0.25) is 0 Å². The number of allylic oxidation sites excluding steroid dienone is 2. The second kappa shape index (κ2) is 11.1. The van der Waals surface area contributed by atoms with Gasteiger partial charge in [-0.2, -0.15) is 0 Å². The number of aliphatic carboxylic acids is 1. The molecular weight excluding hydrogens is 410 g/mol. The normalized spacial score (nSPS) is 21.4. The molecule has 172 valence electrons. The number of carbonyl (C=O) groups is 1. The molecule has 1 aliphatic rings. The lowest BCUT2D eigenvalue weighted by molar-refractivity contribution is -0.288. The Bertz CT molecular complexity index is 898. The van der Waals surface area contributed by atoms with Crippen molar-refractivity contribution in [3.8, 4) is 11.5 Å². The smallest absolute Gasteiger partial charge is 0.303 e. The van der Waals surface area contributed by atoms with Gasteiger partial charge in [0.15, 0.2) is 23.4 Å². The van der Waals surface area contributed by atoms with Crippen LogP contribution >= 0.6 is 0 Å².